The number of nitrogens with zero attached hydrogens (tertiary/aromatic N) is 4. The average Bonchev–Trinajstić information content (AvgIpc) is 3.18. The SMILES string of the molecule is CN(C)CCCNC(=O)c1cnn2c(C(F)(F)F)cc(-c3cccc4ccccc34)nc12. The van der Waals surface area contributed by atoms with E-state index < -0.39 is 17.8 Å². The van der Waals surface area contributed by atoms with Crippen LogP contribution in [0.15, 0.2) is 54.7 Å². The lowest BCUT2D eigenvalue weighted by atomic mass is 10.0. The summed E-state index contributed by atoms with van der Waals surface area (Å²) in [6.07, 6.45) is -2.84. The van der Waals surface area contributed by atoms with Crippen molar-refractivity contribution in [3.63, 3.8) is 0 Å². The molecule has 0 spiro atoms. The van der Waals surface area contributed by atoms with Crippen molar-refractivity contribution in [2.75, 3.05) is 27.2 Å². The monoisotopic (exact) mass is 441 g/mol. The van der Waals surface area contributed by atoms with Crippen LogP contribution in [-0.2, 0) is 6.18 Å². The third-order valence-corrected chi connectivity index (χ3v) is 5.14. The Bertz CT molecular complexity index is 1270. The first-order chi connectivity index (χ1) is 15.3. The molecular weight excluding hydrogens is 419 g/mol. The Morgan fingerprint density at radius 1 is 1.12 bits per heavy atom. The van der Waals surface area contributed by atoms with Gasteiger partial charge in [0.25, 0.3) is 5.91 Å². The maximum absolute atomic E-state index is 13.9. The van der Waals surface area contributed by atoms with Crippen LogP contribution in [0.1, 0.15) is 22.5 Å². The van der Waals surface area contributed by atoms with Crippen molar-refractivity contribution in [3.8, 4) is 11.3 Å². The van der Waals surface area contributed by atoms with Gasteiger partial charge in [0.2, 0.25) is 0 Å². The Hall–Kier alpha value is -3.46. The highest BCUT2D eigenvalue weighted by Crippen LogP contribution is 2.34. The normalized spacial score (nSPS) is 12.1. The Labute approximate surface area is 182 Å². The number of rotatable bonds is 6. The third-order valence-electron chi connectivity index (χ3n) is 5.14. The van der Waals surface area contributed by atoms with E-state index in [1.54, 1.807) is 12.1 Å². The number of aromatic nitrogens is 3. The molecular formula is C23H22F3N5O. The van der Waals surface area contributed by atoms with E-state index in [1.165, 1.54) is 0 Å². The number of hydrogen-bond acceptors (Lipinski definition) is 4. The highest BCUT2D eigenvalue weighted by Gasteiger charge is 2.36. The van der Waals surface area contributed by atoms with Crippen molar-refractivity contribution in [2.45, 2.75) is 12.6 Å². The molecule has 0 aliphatic rings. The zero-order valence-corrected chi connectivity index (χ0v) is 17.6. The second kappa shape index (κ2) is 8.58. The van der Waals surface area contributed by atoms with Crippen molar-refractivity contribution in [3.05, 3.63) is 66.0 Å². The summed E-state index contributed by atoms with van der Waals surface area (Å²) in [5.74, 6) is -0.505. The summed E-state index contributed by atoms with van der Waals surface area (Å²) in [6, 6.07) is 13.7. The van der Waals surface area contributed by atoms with Crippen LogP contribution in [0.4, 0.5) is 13.2 Å². The molecule has 6 nitrogen and oxygen atoms in total. The summed E-state index contributed by atoms with van der Waals surface area (Å²) in [5, 5.41) is 8.22. The minimum atomic E-state index is -4.67. The first kappa shape index (κ1) is 21.8. The summed E-state index contributed by atoms with van der Waals surface area (Å²) in [4.78, 5) is 19.1. The molecule has 2 heterocycles. The Kier molecular flexibility index (Phi) is 5.84. The van der Waals surface area contributed by atoms with E-state index in [4.69, 9.17) is 0 Å². The van der Waals surface area contributed by atoms with Crippen molar-refractivity contribution < 1.29 is 18.0 Å². The molecule has 0 aliphatic carbocycles. The molecule has 0 bridgehead atoms. The molecule has 4 rings (SSSR count). The summed E-state index contributed by atoms with van der Waals surface area (Å²) in [6.45, 7) is 1.17. The predicted molar refractivity (Wildman–Crippen MR) is 116 cm³/mol. The number of carbonyl (C=O) groups is 1. The molecule has 1 N–H and O–H groups in total. The van der Waals surface area contributed by atoms with Crippen LogP contribution >= 0.6 is 0 Å². The number of carbonyl (C=O) groups excluding carboxylic acids is 1. The van der Waals surface area contributed by atoms with E-state index in [-0.39, 0.29) is 16.9 Å². The molecule has 0 unspecified atom stereocenters. The Balaban J connectivity index is 1.81. The molecule has 0 aliphatic heterocycles. The summed E-state index contributed by atoms with van der Waals surface area (Å²) >= 11 is 0. The number of amides is 1. The lowest BCUT2D eigenvalue weighted by molar-refractivity contribution is -0.142. The van der Waals surface area contributed by atoms with Gasteiger partial charge in [0.05, 0.1) is 11.9 Å². The zero-order chi connectivity index (χ0) is 22.9. The van der Waals surface area contributed by atoms with Gasteiger partial charge < -0.3 is 10.2 Å². The van der Waals surface area contributed by atoms with Gasteiger partial charge in [0.15, 0.2) is 11.3 Å². The fourth-order valence-electron chi connectivity index (χ4n) is 3.60. The van der Waals surface area contributed by atoms with Gasteiger partial charge in [-0.25, -0.2) is 9.50 Å². The molecule has 0 radical (unpaired) electrons. The van der Waals surface area contributed by atoms with E-state index in [0.717, 1.165) is 29.6 Å². The van der Waals surface area contributed by atoms with Crippen LogP contribution in [0.3, 0.4) is 0 Å². The van der Waals surface area contributed by atoms with Crippen LogP contribution in [-0.4, -0.2) is 52.6 Å². The molecule has 1 amide bonds. The number of hydrogen-bond donors (Lipinski definition) is 1. The second-order valence-electron chi connectivity index (χ2n) is 7.76. The standard InChI is InChI=1S/C23H22F3N5O/c1-30(2)12-6-11-27-22(32)18-14-28-31-20(23(24,25)26)13-19(29-21(18)31)17-10-5-8-15-7-3-4-9-16(15)17/h3-5,7-10,13-14H,6,11-12H2,1-2H3,(H,27,32). The van der Waals surface area contributed by atoms with Crippen molar-refractivity contribution >= 4 is 22.3 Å². The summed E-state index contributed by atoms with van der Waals surface area (Å²) in [5.41, 5.74) is -0.439. The molecule has 2 aromatic carbocycles. The average molecular weight is 441 g/mol. The molecule has 0 fully saturated rings. The predicted octanol–water partition coefficient (Wildman–Crippen LogP) is 4.25. The molecule has 2 aromatic heterocycles. The fourth-order valence-corrected chi connectivity index (χ4v) is 3.60. The van der Waals surface area contributed by atoms with Crippen LogP contribution < -0.4 is 5.32 Å². The van der Waals surface area contributed by atoms with Crippen molar-refractivity contribution in [2.24, 2.45) is 0 Å². The topological polar surface area (TPSA) is 62.5 Å². The van der Waals surface area contributed by atoms with Gasteiger partial charge in [-0.1, -0.05) is 42.5 Å². The van der Waals surface area contributed by atoms with Crippen LogP contribution in [0.25, 0.3) is 27.7 Å². The first-order valence-corrected chi connectivity index (χ1v) is 10.1. The molecule has 32 heavy (non-hydrogen) atoms. The van der Waals surface area contributed by atoms with Gasteiger partial charge in [-0.05, 0) is 43.9 Å². The fraction of sp³-hybridized carbons (Fsp3) is 0.261. The number of alkyl halides is 3. The molecule has 4 aromatic rings. The molecule has 0 atom stereocenters. The van der Waals surface area contributed by atoms with Crippen LogP contribution in [0.2, 0.25) is 0 Å². The minimum absolute atomic E-state index is 0.00226. The van der Waals surface area contributed by atoms with Gasteiger partial charge >= 0.3 is 6.18 Å². The third kappa shape index (κ3) is 4.29. The maximum Gasteiger partial charge on any atom is 0.433 e. The highest BCUT2D eigenvalue weighted by molar-refractivity contribution is 6.00. The number of fused-ring (bicyclic) bond motifs is 2. The van der Waals surface area contributed by atoms with E-state index in [2.05, 4.69) is 15.4 Å². The lowest BCUT2D eigenvalue weighted by Crippen LogP contribution is -2.27. The Morgan fingerprint density at radius 3 is 2.62 bits per heavy atom. The van der Waals surface area contributed by atoms with Crippen molar-refractivity contribution in [1.82, 2.24) is 24.8 Å². The van der Waals surface area contributed by atoms with E-state index in [9.17, 15) is 18.0 Å². The number of halogens is 3. The first-order valence-electron chi connectivity index (χ1n) is 10.1. The van der Waals surface area contributed by atoms with E-state index in [1.807, 2.05) is 49.3 Å². The smallest absolute Gasteiger partial charge is 0.352 e. The molecule has 0 saturated carbocycles. The van der Waals surface area contributed by atoms with Crippen LogP contribution in [0.5, 0.6) is 0 Å². The summed E-state index contributed by atoms with van der Waals surface area (Å²) < 4.78 is 42.3. The number of benzene rings is 2. The van der Waals surface area contributed by atoms with Gasteiger partial charge in [-0.15, -0.1) is 0 Å². The highest BCUT2D eigenvalue weighted by atomic mass is 19.4. The maximum atomic E-state index is 13.9. The van der Waals surface area contributed by atoms with Gasteiger partial charge in [-0.3, -0.25) is 4.79 Å². The second-order valence-corrected chi connectivity index (χ2v) is 7.76. The largest absolute Gasteiger partial charge is 0.433 e. The Morgan fingerprint density at radius 2 is 1.88 bits per heavy atom. The lowest BCUT2D eigenvalue weighted by Gasteiger charge is -2.13. The van der Waals surface area contributed by atoms with Gasteiger partial charge in [-0.2, -0.15) is 18.3 Å². The minimum Gasteiger partial charge on any atom is -0.352 e. The van der Waals surface area contributed by atoms with E-state index >= 15 is 0 Å². The molecule has 9 heteroatoms. The van der Waals surface area contributed by atoms with Crippen molar-refractivity contribution in [1.29, 1.82) is 0 Å². The van der Waals surface area contributed by atoms with Gasteiger partial charge in [0.1, 0.15) is 5.56 Å². The van der Waals surface area contributed by atoms with Crippen LogP contribution in [0, 0.1) is 0 Å². The zero-order valence-electron chi connectivity index (χ0n) is 17.6. The summed E-state index contributed by atoms with van der Waals surface area (Å²) in [7, 11) is 3.84. The quantitative estimate of drug-likeness (QED) is 0.455. The van der Waals surface area contributed by atoms with Gasteiger partial charge in [0, 0.05) is 12.1 Å². The molecule has 0 saturated heterocycles. The van der Waals surface area contributed by atoms with E-state index in [0.29, 0.717) is 23.0 Å². The number of nitrogens with one attached hydrogen (secondary N) is 1. The molecule has 166 valence electrons.